The van der Waals surface area contributed by atoms with E-state index in [4.69, 9.17) is 10.5 Å². The van der Waals surface area contributed by atoms with Crippen molar-refractivity contribution < 1.29 is 4.74 Å². The molecule has 17 heavy (non-hydrogen) atoms. The molecule has 0 saturated heterocycles. The molecule has 0 aliphatic carbocycles. The van der Waals surface area contributed by atoms with E-state index in [1.807, 2.05) is 6.07 Å². The van der Waals surface area contributed by atoms with Crippen LogP contribution >= 0.6 is 0 Å². The fourth-order valence-electron chi connectivity index (χ4n) is 1.68. The standard InChI is InChI=1S/C15H23NO/c1-12-11-13(8-9-14(12)17-4)7-5-6-10-15(2,3)16/h5,7-9,11H,6,10,16H2,1-4H3/b7-5+. The van der Waals surface area contributed by atoms with Gasteiger partial charge in [-0.05, 0) is 56.9 Å². The van der Waals surface area contributed by atoms with E-state index in [1.165, 1.54) is 5.56 Å². The van der Waals surface area contributed by atoms with Gasteiger partial charge in [-0.15, -0.1) is 0 Å². The third kappa shape index (κ3) is 5.05. The number of benzene rings is 1. The Morgan fingerprint density at radius 1 is 1.35 bits per heavy atom. The van der Waals surface area contributed by atoms with Gasteiger partial charge in [-0.2, -0.15) is 0 Å². The Labute approximate surface area is 104 Å². The van der Waals surface area contributed by atoms with Crippen molar-refractivity contribution in [2.24, 2.45) is 5.73 Å². The van der Waals surface area contributed by atoms with Crippen molar-refractivity contribution in [1.29, 1.82) is 0 Å². The highest BCUT2D eigenvalue weighted by Crippen LogP contribution is 2.19. The van der Waals surface area contributed by atoms with Crippen molar-refractivity contribution in [2.45, 2.75) is 39.2 Å². The molecule has 0 spiro atoms. The van der Waals surface area contributed by atoms with Crippen molar-refractivity contribution in [3.8, 4) is 5.75 Å². The zero-order valence-corrected chi connectivity index (χ0v) is 11.3. The van der Waals surface area contributed by atoms with Crippen LogP contribution in [0.15, 0.2) is 24.3 Å². The van der Waals surface area contributed by atoms with Gasteiger partial charge < -0.3 is 10.5 Å². The highest BCUT2D eigenvalue weighted by atomic mass is 16.5. The van der Waals surface area contributed by atoms with Crippen LogP contribution in [0.4, 0.5) is 0 Å². The van der Waals surface area contributed by atoms with E-state index >= 15 is 0 Å². The van der Waals surface area contributed by atoms with E-state index < -0.39 is 0 Å². The second-order valence-electron chi connectivity index (χ2n) is 5.16. The third-order valence-electron chi connectivity index (χ3n) is 2.68. The van der Waals surface area contributed by atoms with Crippen LogP contribution in [0.3, 0.4) is 0 Å². The van der Waals surface area contributed by atoms with Crippen molar-refractivity contribution in [1.82, 2.24) is 0 Å². The second kappa shape index (κ2) is 5.87. The van der Waals surface area contributed by atoms with E-state index in [0.29, 0.717) is 0 Å². The molecule has 94 valence electrons. The lowest BCUT2D eigenvalue weighted by Gasteiger charge is -2.16. The maximum absolute atomic E-state index is 5.93. The van der Waals surface area contributed by atoms with Gasteiger partial charge >= 0.3 is 0 Å². The van der Waals surface area contributed by atoms with E-state index in [-0.39, 0.29) is 5.54 Å². The summed E-state index contributed by atoms with van der Waals surface area (Å²) in [6, 6.07) is 6.20. The fraction of sp³-hybridized carbons (Fsp3) is 0.467. The molecule has 0 saturated carbocycles. The maximum Gasteiger partial charge on any atom is 0.121 e. The summed E-state index contributed by atoms with van der Waals surface area (Å²) in [4.78, 5) is 0. The van der Waals surface area contributed by atoms with E-state index in [9.17, 15) is 0 Å². The first kappa shape index (κ1) is 13.8. The summed E-state index contributed by atoms with van der Waals surface area (Å²) in [6.45, 7) is 6.16. The van der Waals surface area contributed by atoms with Gasteiger partial charge in [0.25, 0.3) is 0 Å². The minimum atomic E-state index is -0.0832. The minimum Gasteiger partial charge on any atom is -0.496 e. The number of hydrogen-bond acceptors (Lipinski definition) is 2. The van der Waals surface area contributed by atoms with Crippen LogP contribution in [0.5, 0.6) is 5.75 Å². The number of hydrogen-bond donors (Lipinski definition) is 1. The SMILES string of the molecule is COc1ccc(/C=C/CCC(C)(C)N)cc1C. The Morgan fingerprint density at radius 3 is 2.59 bits per heavy atom. The summed E-state index contributed by atoms with van der Waals surface area (Å²) in [5.41, 5.74) is 8.21. The van der Waals surface area contributed by atoms with Crippen molar-refractivity contribution in [2.75, 3.05) is 7.11 Å². The van der Waals surface area contributed by atoms with Crippen LogP contribution in [0.2, 0.25) is 0 Å². The first-order valence-corrected chi connectivity index (χ1v) is 6.02. The predicted octanol–water partition coefficient (Wildman–Crippen LogP) is 3.53. The summed E-state index contributed by atoms with van der Waals surface area (Å²) in [7, 11) is 1.70. The number of rotatable bonds is 5. The quantitative estimate of drug-likeness (QED) is 0.844. The molecule has 0 atom stereocenters. The molecule has 0 heterocycles. The Kier molecular flexibility index (Phi) is 4.76. The Hall–Kier alpha value is -1.28. The van der Waals surface area contributed by atoms with E-state index in [2.05, 4.69) is 45.1 Å². The molecule has 0 aromatic heterocycles. The van der Waals surface area contributed by atoms with Crippen LogP contribution in [0.25, 0.3) is 6.08 Å². The smallest absolute Gasteiger partial charge is 0.121 e. The topological polar surface area (TPSA) is 35.2 Å². The Morgan fingerprint density at radius 2 is 2.06 bits per heavy atom. The molecule has 0 aliphatic heterocycles. The van der Waals surface area contributed by atoms with E-state index in [0.717, 1.165) is 24.2 Å². The summed E-state index contributed by atoms with van der Waals surface area (Å²) in [6.07, 6.45) is 6.32. The van der Waals surface area contributed by atoms with Crippen molar-refractivity contribution in [3.63, 3.8) is 0 Å². The minimum absolute atomic E-state index is 0.0832. The van der Waals surface area contributed by atoms with Crippen LogP contribution in [-0.2, 0) is 0 Å². The van der Waals surface area contributed by atoms with Crippen molar-refractivity contribution in [3.05, 3.63) is 35.4 Å². The molecular formula is C15H23NO. The van der Waals surface area contributed by atoms with Crippen molar-refractivity contribution >= 4 is 6.08 Å². The molecule has 0 fully saturated rings. The first-order chi connectivity index (χ1) is 7.92. The fourth-order valence-corrected chi connectivity index (χ4v) is 1.68. The maximum atomic E-state index is 5.93. The average molecular weight is 233 g/mol. The largest absolute Gasteiger partial charge is 0.496 e. The number of allylic oxidation sites excluding steroid dienone is 1. The molecule has 1 aromatic rings. The van der Waals surface area contributed by atoms with Gasteiger partial charge in [0.1, 0.15) is 5.75 Å². The summed E-state index contributed by atoms with van der Waals surface area (Å²) < 4.78 is 5.23. The van der Waals surface area contributed by atoms with Gasteiger partial charge in [-0.25, -0.2) is 0 Å². The van der Waals surface area contributed by atoms with Crippen LogP contribution in [-0.4, -0.2) is 12.6 Å². The molecule has 2 nitrogen and oxygen atoms in total. The molecule has 0 unspecified atom stereocenters. The molecule has 0 amide bonds. The monoisotopic (exact) mass is 233 g/mol. The predicted molar refractivity (Wildman–Crippen MR) is 74.3 cm³/mol. The zero-order chi connectivity index (χ0) is 12.9. The molecule has 2 heteroatoms. The van der Waals surface area contributed by atoms with Gasteiger partial charge in [0.05, 0.1) is 7.11 Å². The summed E-state index contributed by atoms with van der Waals surface area (Å²) in [5, 5.41) is 0. The van der Waals surface area contributed by atoms with Gasteiger partial charge in [-0.1, -0.05) is 18.2 Å². The van der Waals surface area contributed by atoms with E-state index in [1.54, 1.807) is 7.11 Å². The van der Waals surface area contributed by atoms with Crippen LogP contribution in [0.1, 0.15) is 37.8 Å². The van der Waals surface area contributed by atoms with Gasteiger partial charge in [0, 0.05) is 5.54 Å². The summed E-state index contributed by atoms with van der Waals surface area (Å²) in [5.74, 6) is 0.935. The molecule has 1 aromatic carbocycles. The number of nitrogens with two attached hydrogens (primary N) is 1. The molecule has 1 rings (SSSR count). The third-order valence-corrected chi connectivity index (χ3v) is 2.68. The number of aryl methyl sites for hydroxylation is 1. The lowest BCUT2D eigenvalue weighted by Crippen LogP contribution is -2.31. The number of ether oxygens (including phenoxy) is 1. The van der Waals surface area contributed by atoms with Gasteiger partial charge in [0.2, 0.25) is 0 Å². The number of methoxy groups -OCH3 is 1. The molecule has 0 aliphatic rings. The molecule has 2 N–H and O–H groups in total. The molecule has 0 bridgehead atoms. The van der Waals surface area contributed by atoms with Crippen LogP contribution < -0.4 is 10.5 Å². The van der Waals surface area contributed by atoms with Gasteiger partial charge in [-0.3, -0.25) is 0 Å². The molecule has 0 radical (unpaired) electrons. The second-order valence-corrected chi connectivity index (χ2v) is 5.16. The summed E-state index contributed by atoms with van der Waals surface area (Å²) >= 11 is 0. The Bertz CT molecular complexity index is 388. The Balaban J connectivity index is 2.57. The van der Waals surface area contributed by atoms with Crippen LogP contribution in [0, 0.1) is 6.92 Å². The first-order valence-electron chi connectivity index (χ1n) is 6.02. The van der Waals surface area contributed by atoms with Gasteiger partial charge in [0.15, 0.2) is 0 Å². The average Bonchev–Trinajstić information content (AvgIpc) is 2.23. The highest BCUT2D eigenvalue weighted by molar-refractivity contribution is 5.53. The lowest BCUT2D eigenvalue weighted by atomic mass is 9.99. The lowest BCUT2D eigenvalue weighted by molar-refractivity contribution is 0.411. The zero-order valence-electron chi connectivity index (χ0n) is 11.3. The molecular weight excluding hydrogens is 210 g/mol. The normalized spacial score (nSPS) is 12.1. The highest BCUT2D eigenvalue weighted by Gasteiger charge is 2.07.